The van der Waals surface area contributed by atoms with E-state index in [0.717, 1.165) is 18.2 Å². The number of aromatic hydroxyl groups is 1. The molecule has 1 amide bonds. The second kappa shape index (κ2) is 6.10. The van der Waals surface area contributed by atoms with Gasteiger partial charge in [0.15, 0.2) is 0 Å². The fraction of sp³-hybridized carbons (Fsp3) is 0.429. The third-order valence-electron chi connectivity index (χ3n) is 4.01. The smallest absolute Gasteiger partial charge is 0.411 e. The highest BCUT2D eigenvalue weighted by atomic mass is 19.4. The molecular weight excluding hydrogens is 333 g/mol. The number of rotatable bonds is 3. The first kappa shape index (κ1) is 17.7. The van der Waals surface area contributed by atoms with Crippen molar-refractivity contribution in [2.24, 2.45) is 0 Å². The molecule has 24 heavy (non-hydrogen) atoms. The third-order valence-corrected chi connectivity index (χ3v) is 4.01. The van der Waals surface area contributed by atoms with Gasteiger partial charge in [-0.25, -0.2) is 0 Å². The number of halogens is 3. The van der Waals surface area contributed by atoms with Gasteiger partial charge in [-0.2, -0.15) is 13.2 Å². The van der Waals surface area contributed by atoms with Crippen molar-refractivity contribution in [1.29, 1.82) is 0 Å². The molecule has 2 rings (SSSR count). The molecule has 1 aromatic carbocycles. The number of benzene rings is 1. The summed E-state index contributed by atoms with van der Waals surface area (Å²) in [6, 6.07) is 2.98. The summed E-state index contributed by atoms with van der Waals surface area (Å²) < 4.78 is 40.2. The Morgan fingerprint density at radius 2 is 1.88 bits per heavy atom. The highest BCUT2D eigenvalue weighted by molar-refractivity contribution is 5.98. The van der Waals surface area contributed by atoms with Gasteiger partial charge in [-0.1, -0.05) is 6.07 Å². The van der Waals surface area contributed by atoms with E-state index in [1.807, 2.05) is 5.32 Å². The minimum atomic E-state index is -4.81. The van der Waals surface area contributed by atoms with Gasteiger partial charge >= 0.3 is 11.9 Å². The van der Waals surface area contributed by atoms with Gasteiger partial charge in [0.2, 0.25) is 5.75 Å². The summed E-state index contributed by atoms with van der Waals surface area (Å²) >= 11 is 0. The number of Topliss-reactive ketones (excluding diaryl/α,β-unsaturated/α-hetero) is 1. The molecule has 7 nitrogen and oxygen atoms in total. The molecule has 0 unspecified atom stereocenters. The van der Waals surface area contributed by atoms with E-state index in [1.165, 1.54) is 0 Å². The molecule has 1 aliphatic carbocycles. The Kier molecular flexibility index (Phi) is 4.50. The topological polar surface area (TPSA) is 110 Å². The lowest BCUT2D eigenvalue weighted by Gasteiger charge is -2.39. The van der Waals surface area contributed by atoms with Crippen LogP contribution in [0.15, 0.2) is 18.2 Å². The summed E-state index contributed by atoms with van der Waals surface area (Å²) in [6.07, 6.45) is -6.70. The summed E-state index contributed by atoms with van der Waals surface area (Å²) in [5.41, 5.74) is -4.03. The number of phenolic OH excluding ortho intramolecular Hbond substituents is 1. The number of carbonyl (C=O) groups is 2. The zero-order valence-corrected chi connectivity index (χ0v) is 12.2. The number of nitrogens with one attached hydrogen (secondary N) is 1. The normalized spacial score (nSPS) is 17.4. The molecule has 1 fully saturated rings. The van der Waals surface area contributed by atoms with Crippen LogP contribution in [-0.2, 0) is 4.79 Å². The summed E-state index contributed by atoms with van der Waals surface area (Å²) in [7, 11) is 0. The quantitative estimate of drug-likeness (QED) is 0.645. The Morgan fingerprint density at radius 1 is 1.29 bits per heavy atom. The molecule has 0 heterocycles. The van der Waals surface area contributed by atoms with Gasteiger partial charge in [-0.15, -0.1) is 0 Å². The standard InChI is InChI=1S/C14H13F3N2O5/c15-14(16,17)13(6-4-8(20)5-7-13)18-12(22)9-2-1-3-10(11(9)21)19(23)24/h1-3,21H,4-7H2,(H,18,22). The van der Waals surface area contributed by atoms with E-state index >= 15 is 0 Å². The number of ketones is 1. The van der Waals surface area contributed by atoms with Crippen molar-refractivity contribution < 1.29 is 32.8 Å². The third kappa shape index (κ3) is 3.17. The van der Waals surface area contributed by atoms with Gasteiger partial charge in [0.25, 0.3) is 5.91 Å². The average Bonchev–Trinajstić information content (AvgIpc) is 2.48. The fourth-order valence-corrected chi connectivity index (χ4v) is 2.58. The molecule has 0 atom stereocenters. The lowest BCUT2D eigenvalue weighted by molar-refractivity contribution is -0.385. The van der Waals surface area contributed by atoms with Crippen LogP contribution in [0.2, 0.25) is 0 Å². The van der Waals surface area contributed by atoms with Crippen LogP contribution in [0.3, 0.4) is 0 Å². The Labute approximate surface area is 133 Å². The minimum Gasteiger partial charge on any atom is -0.502 e. The van der Waals surface area contributed by atoms with Gasteiger partial charge in [0.05, 0.1) is 10.5 Å². The van der Waals surface area contributed by atoms with Gasteiger partial charge in [0, 0.05) is 18.9 Å². The number of nitro benzene ring substituents is 1. The van der Waals surface area contributed by atoms with E-state index in [9.17, 15) is 38.0 Å². The number of hydrogen-bond acceptors (Lipinski definition) is 5. The van der Waals surface area contributed by atoms with Gasteiger partial charge in [0.1, 0.15) is 11.3 Å². The van der Waals surface area contributed by atoms with Crippen molar-refractivity contribution in [3.8, 4) is 5.75 Å². The first-order valence-electron chi connectivity index (χ1n) is 6.95. The van der Waals surface area contributed by atoms with E-state index in [1.54, 1.807) is 0 Å². The molecule has 0 saturated heterocycles. The number of phenols is 1. The van der Waals surface area contributed by atoms with Crippen LogP contribution in [0.4, 0.5) is 18.9 Å². The molecule has 2 N–H and O–H groups in total. The van der Waals surface area contributed by atoms with Crippen LogP contribution in [0, 0.1) is 10.1 Å². The molecule has 0 radical (unpaired) electrons. The molecule has 10 heteroatoms. The molecular formula is C14H13F3N2O5. The maximum Gasteiger partial charge on any atom is 0.411 e. The minimum absolute atomic E-state index is 0.331. The van der Waals surface area contributed by atoms with E-state index in [-0.39, 0.29) is 18.6 Å². The van der Waals surface area contributed by atoms with Crippen LogP contribution in [0.25, 0.3) is 0 Å². The van der Waals surface area contributed by atoms with E-state index in [0.29, 0.717) is 0 Å². The largest absolute Gasteiger partial charge is 0.502 e. The maximum atomic E-state index is 13.4. The zero-order valence-electron chi connectivity index (χ0n) is 12.2. The Bertz CT molecular complexity index is 692. The Balaban J connectivity index is 2.34. The summed E-state index contributed by atoms with van der Waals surface area (Å²) in [5, 5.41) is 22.3. The molecule has 0 aliphatic heterocycles. The molecule has 1 aliphatic rings. The van der Waals surface area contributed by atoms with Crippen molar-refractivity contribution in [2.45, 2.75) is 37.4 Å². The SMILES string of the molecule is O=C1CCC(NC(=O)c2cccc([N+](=O)[O-])c2O)(C(F)(F)F)CC1. The van der Waals surface area contributed by atoms with E-state index < -0.39 is 52.4 Å². The second-order valence-electron chi connectivity index (χ2n) is 5.50. The molecule has 1 saturated carbocycles. The molecule has 130 valence electrons. The number of alkyl halides is 3. The number of carbonyl (C=O) groups excluding carboxylic acids is 2. The van der Waals surface area contributed by atoms with Crippen LogP contribution in [0.1, 0.15) is 36.0 Å². The van der Waals surface area contributed by atoms with E-state index in [4.69, 9.17) is 0 Å². The summed E-state index contributed by atoms with van der Waals surface area (Å²) in [4.78, 5) is 33.2. The number of amides is 1. The zero-order chi connectivity index (χ0) is 18.1. The van der Waals surface area contributed by atoms with Crippen LogP contribution in [-0.4, -0.2) is 33.4 Å². The highest BCUT2D eigenvalue weighted by Crippen LogP contribution is 2.41. The highest BCUT2D eigenvalue weighted by Gasteiger charge is 2.56. The van der Waals surface area contributed by atoms with Crippen molar-refractivity contribution in [3.05, 3.63) is 33.9 Å². The lowest BCUT2D eigenvalue weighted by Crippen LogP contribution is -2.60. The van der Waals surface area contributed by atoms with Crippen LogP contribution in [0.5, 0.6) is 5.75 Å². The van der Waals surface area contributed by atoms with Crippen molar-refractivity contribution in [2.75, 3.05) is 0 Å². The number of hydrogen-bond donors (Lipinski definition) is 2. The molecule has 0 spiro atoms. The summed E-state index contributed by atoms with van der Waals surface area (Å²) in [6.45, 7) is 0. The monoisotopic (exact) mass is 346 g/mol. The van der Waals surface area contributed by atoms with Crippen molar-refractivity contribution in [3.63, 3.8) is 0 Å². The predicted octanol–water partition coefficient (Wildman–Crippen LogP) is 2.47. The van der Waals surface area contributed by atoms with Crippen LogP contribution < -0.4 is 5.32 Å². The number of nitro groups is 1. The molecule has 0 bridgehead atoms. The first-order valence-corrected chi connectivity index (χ1v) is 6.95. The Hall–Kier alpha value is -2.65. The Morgan fingerprint density at radius 3 is 2.38 bits per heavy atom. The lowest BCUT2D eigenvalue weighted by atomic mass is 9.80. The van der Waals surface area contributed by atoms with E-state index in [2.05, 4.69) is 0 Å². The molecule has 1 aromatic rings. The maximum absolute atomic E-state index is 13.4. The predicted molar refractivity (Wildman–Crippen MR) is 74.5 cm³/mol. The summed E-state index contributed by atoms with van der Waals surface area (Å²) in [5.74, 6) is -2.63. The van der Waals surface area contributed by atoms with Crippen LogP contribution >= 0.6 is 0 Å². The molecule has 0 aromatic heterocycles. The van der Waals surface area contributed by atoms with Crippen molar-refractivity contribution in [1.82, 2.24) is 5.32 Å². The number of para-hydroxylation sites is 1. The van der Waals surface area contributed by atoms with Gasteiger partial charge in [-0.05, 0) is 18.9 Å². The number of nitrogens with zero attached hydrogens (tertiary/aromatic N) is 1. The average molecular weight is 346 g/mol. The van der Waals surface area contributed by atoms with Crippen molar-refractivity contribution >= 4 is 17.4 Å². The first-order chi connectivity index (χ1) is 11.1. The van der Waals surface area contributed by atoms with Gasteiger partial charge < -0.3 is 10.4 Å². The fourth-order valence-electron chi connectivity index (χ4n) is 2.58. The second-order valence-corrected chi connectivity index (χ2v) is 5.50. The van der Waals surface area contributed by atoms with Gasteiger partial charge in [-0.3, -0.25) is 19.7 Å².